The molecule has 1 fully saturated rings. The van der Waals surface area contributed by atoms with Crippen LogP contribution in [0, 0.1) is 11.8 Å². The SMILES string of the molecule is CC[C@@H]1C[C@H]1C(=O)c1cccc(Cl)c1Cl. The molecule has 15 heavy (non-hydrogen) atoms. The van der Waals surface area contributed by atoms with Gasteiger partial charge in [0.1, 0.15) is 0 Å². The number of ketones is 1. The zero-order valence-electron chi connectivity index (χ0n) is 8.47. The van der Waals surface area contributed by atoms with Gasteiger partial charge in [-0.2, -0.15) is 0 Å². The summed E-state index contributed by atoms with van der Waals surface area (Å²) in [5.74, 6) is 0.868. The third-order valence-corrected chi connectivity index (χ3v) is 3.82. The molecule has 1 nitrogen and oxygen atoms in total. The van der Waals surface area contributed by atoms with E-state index in [1.54, 1.807) is 18.2 Å². The lowest BCUT2D eigenvalue weighted by molar-refractivity contribution is 0.0961. The lowest BCUT2D eigenvalue weighted by Crippen LogP contribution is -2.04. The van der Waals surface area contributed by atoms with Crippen LogP contribution < -0.4 is 0 Å². The van der Waals surface area contributed by atoms with Crippen LogP contribution in [0.25, 0.3) is 0 Å². The summed E-state index contributed by atoms with van der Waals surface area (Å²) in [6.45, 7) is 2.11. The lowest BCUT2D eigenvalue weighted by atomic mass is 10.1. The van der Waals surface area contributed by atoms with Gasteiger partial charge >= 0.3 is 0 Å². The number of carbonyl (C=O) groups excluding carboxylic acids is 1. The van der Waals surface area contributed by atoms with Crippen molar-refractivity contribution >= 4 is 29.0 Å². The minimum absolute atomic E-state index is 0.148. The van der Waals surface area contributed by atoms with Gasteiger partial charge in [0.25, 0.3) is 0 Å². The number of halogens is 2. The Balaban J connectivity index is 2.23. The van der Waals surface area contributed by atoms with E-state index in [9.17, 15) is 4.79 Å². The largest absolute Gasteiger partial charge is 0.294 e. The van der Waals surface area contributed by atoms with Crippen LogP contribution in [-0.2, 0) is 0 Å². The van der Waals surface area contributed by atoms with Crippen LogP contribution in [0.1, 0.15) is 30.1 Å². The molecule has 1 aromatic carbocycles. The van der Waals surface area contributed by atoms with Crippen molar-refractivity contribution in [2.75, 3.05) is 0 Å². The van der Waals surface area contributed by atoms with Gasteiger partial charge in [0.05, 0.1) is 10.0 Å². The highest BCUT2D eigenvalue weighted by Crippen LogP contribution is 2.44. The standard InChI is InChI=1S/C12H12Cl2O/c1-2-7-6-9(7)12(15)8-4-3-5-10(13)11(8)14/h3-5,7,9H,2,6H2,1H3/t7-,9-/m1/s1. The summed E-state index contributed by atoms with van der Waals surface area (Å²) in [6.07, 6.45) is 2.06. The second-order valence-electron chi connectivity index (χ2n) is 3.98. The van der Waals surface area contributed by atoms with E-state index >= 15 is 0 Å². The minimum atomic E-state index is 0.148. The quantitative estimate of drug-likeness (QED) is 0.726. The molecule has 0 saturated heterocycles. The summed E-state index contributed by atoms with van der Waals surface area (Å²) in [5, 5.41) is 0.849. The highest BCUT2D eigenvalue weighted by atomic mass is 35.5. The summed E-state index contributed by atoms with van der Waals surface area (Å²) in [7, 11) is 0. The molecule has 80 valence electrons. The number of hydrogen-bond acceptors (Lipinski definition) is 1. The van der Waals surface area contributed by atoms with Crippen LogP contribution in [0.3, 0.4) is 0 Å². The van der Waals surface area contributed by atoms with Crippen LogP contribution >= 0.6 is 23.2 Å². The fourth-order valence-corrected chi connectivity index (χ4v) is 2.31. The predicted molar refractivity (Wildman–Crippen MR) is 62.7 cm³/mol. The van der Waals surface area contributed by atoms with Crippen molar-refractivity contribution in [2.45, 2.75) is 19.8 Å². The van der Waals surface area contributed by atoms with Crippen LogP contribution in [0.15, 0.2) is 18.2 Å². The van der Waals surface area contributed by atoms with E-state index in [0.717, 1.165) is 12.8 Å². The first-order valence-electron chi connectivity index (χ1n) is 5.13. The fourth-order valence-electron chi connectivity index (χ4n) is 1.91. The first kappa shape index (κ1) is 11.0. The van der Waals surface area contributed by atoms with Crippen molar-refractivity contribution in [3.8, 4) is 0 Å². The normalized spacial score (nSPS) is 23.9. The Labute approximate surface area is 99.4 Å². The molecule has 0 aromatic heterocycles. The number of rotatable bonds is 3. The van der Waals surface area contributed by atoms with Crippen LogP contribution in [0.5, 0.6) is 0 Å². The third-order valence-electron chi connectivity index (χ3n) is 3.00. The van der Waals surface area contributed by atoms with Gasteiger partial charge in [0.15, 0.2) is 5.78 Å². The van der Waals surface area contributed by atoms with Crippen molar-refractivity contribution < 1.29 is 4.79 Å². The Bertz CT molecular complexity index is 401. The van der Waals surface area contributed by atoms with E-state index in [-0.39, 0.29) is 11.7 Å². The van der Waals surface area contributed by atoms with Crippen LogP contribution in [0.2, 0.25) is 10.0 Å². The van der Waals surface area contributed by atoms with Crippen molar-refractivity contribution in [2.24, 2.45) is 11.8 Å². The highest BCUT2D eigenvalue weighted by Gasteiger charge is 2.42. The Hall–Kier alpha value is -0.530. The molecule has 0 radical (unpaired) electrons. The summed E-state index contributed by atoms with van der Waals surface area (Å²) >= 11 is 11.9. The Morgan fingerprint density at radius 2 is 2.20 bits per heavy atom. The predicted octanol–water partition coefficient (Wildman–Crippen LogP) is 4.22. The molecule has 1 saturated carbocycles. The number of hydrogen-bond donors (Lipinski definition) is 0. The average molecular weight is 243 g/mol. The molecular weight excluding hydrogens is 231 g/mol. The van der Waals surface area contributed by atoms with Gasteiger partial charge in [-0.1, -0.05) is 42.6 Å². The molecule has 2 atom stereocenters. The number of Topliss-reactive ketones (excluding diaryl/α,β-unsaturated/α-hetero) is 1. The smallest absolute Gasteiger partial charge is 0.167 e. The Morgan fingerprint density at radius 1 is 1.47 bits per heavy atom. The van der Waals surface area contributed by atoms with E-state index in [2.05, 4.69) is 6.92 Å². The fraction of sp³-hybridized carbons (Fsp3) is 0.417. The lowest BCUT2D eigenvalue weighted by Gasteiger charge is -2.03. The summed E-state index contributed by atoms with van der Waals surface area (Å²) in [5.41, 5.74) is 0.574. The van der Waals surface area contributed by atoms with E-state index < -0.39 is 0 Å². The molecule has 0 unspecified atom stereocenters. The zero-order chi connectivity index (χ0) is 11.0. The van der Waals surface area contributed by atoms with E-state index in [0.29, 0.717) is 21.5 Å². The van der Waals surface area contributed by atoms with Crippen molar-refractivity contribution in [3.05, 3.63) is 33.8 Å². The first-order chi connectivity index (χ1) is 7.15. The second-order valence-corrected chi connectivity index (χ2v) is 4.76. The molecule has 0 spiro atoms. The molecule has 2 rings (SSSR count). The topological polar surface area (TPSA) is 17.1 Å². The van der Waals surface area contributed by atoms with Crippen molar-refractivity contribution in [3.63, 3.8) is 0 Å². The first-order valence-corrected chi connectivity index (χ1v) is 5.89. The molecule has 1 aliphatic rings. The number of carbonyl (C=O) groups is 1. The van der Waals surface area contributed by atoms with Crippen molar-refractivity contribution in [1.82, 2.24) is 0 Å². The molecule has 0 N–H and O–H groups in total. The summed E-state index contributed by atoms with van der Waals surface area (Å²) in [4.78, 5) is 12.0. The monoisotopic (exact) mass is 242 g/mol. The minimum Gasteiger partial charge on any atom is -0.294 e. The maximum absolute atomic E-state index is 12.0. The van der Waals surface area contributed by atoms with Gasteiger partial charge < -0.3 is 0 Å². The van der Waals surface area contributed by atoms with Crippen molar-refractivity contribution in [1.29, 1.82) is 0 Å². The van der Waals surface area contributed by atoms with Gasteiger partial charge in [0, 0.05) is 11.5 Å². The van der Waals surface area contributed by atoms with Gasteiger partial charge in [0.2, 0.25) is 0 Å². The third kappa shape index (κ3) is 2.04. The van der Waals surface area contributed by atoms with Gasteiger partial charge in [-0.15, -0.1) is 0 Å². The van der Waals surface area contributed by atoms with Crippen LogP contribution in [-0.4, -0.2) is 5.78 Å². The molecule has 0 amide bonds. The highest BCUT2D eigenvalue weighted by molar-refractivity contribution is 6.44. The van der Waals surface area contributed by atoms with Gasteiger partial charge in [-0.3, -0.25) is 4.79 Å². The molecule has 0 aliphatic heterocycles. The van der Waals surface area contributed by atoms with E-state index in [4.69, 9.17) is 23.2 Å². The molecule has 3 heteroatoms. The molecule has 0 bridgehead atoms. The van der Waals surface area contributed by atoms with E-state index in [1.807, 2.05) is 0 Å². The Kier molecular flexibility index (Phi) is 3.03. The van der Waals surface area contributed by atoms with Crippen LogP contribution in [0.4, 0.5) is 0 Å². The summed E-state index contributed by atoms with van der Waals surface area (Å²) in [6, 6.07) is 5.22. The van der Waals surface area contributed by atoms with E-state index in [1.165, 1.54) is 0 Å². The number of benzene rings is 1. The second kappa shape index (κ2) is 4.15. The summed E-state index contributed by atoms with van der Waals surface area (Å²) < 4.78 is 0. The van der Waals surface area contributed by atoms with Gasteiger partial charge in [-0.25, -0.2) is 0 Å². The van der Waals surface area contributed by atoms with Gasteiger partial charge in [-0.05, 0) is 24.5 Å². The Morgan fingerprint density at radius 3 is 2.80 bits per heavy atom. The zero-order valence-corrected chi connectivity index (χ0v) is 9.98. The average Bonchev–Trinajstić information content (AvgIpc) is 3.00. The maximum atomic E-state index is 12.0. The molecular formula is C12H12Cl2O. The molecule has 1 aliphatic carbocycles. The molecule has 1 aromatic rings. The maximum Gasteiger partial charge on any atom is 0.167 e. The molecule has 0 heterocycles.